The van der Waals surface area contributed by atoms with Crippen LogP contribution in [0.2, 0.25) is 5.02 Å². The van der Waals surface area contributed by atoms with Gasteiger partial charge in [0.1, 0.15) is 11.1 Å². The van der Waals surface area contributed by atoms with Crippen molar-refractivity contribution >= 4 is 33.3 Å². The normalized spacial score (nSPS) is 18.0. The molecule has 0 spiro atoms. The summed E-state index contributed by atoms with van der Waals surface area (Å²) in [5.41, 5.74) is -0.00231. The Bertz CT molecular complexity index is 763. The Morgan fingerprint density at radius 2 is 2.17 bits per heavy atom. The number of hydrogen-bond acceptors (Lipinski definition) is 4. The SMILES string of the molecule is CCOC(=O)C1=CCCCC1S(=O)(=O)N(C)c1ccc(Cl)cc1F. The number of carbonyl (C=O) groups excluding carboxylic acids is 1. The maximum atomic E-state index is 14.1. The molecule has 0 amide bonds. The number of esters is 1. The summed E-state index contributed by atoms with van der Waals surface area (Å²) in [6, 6.07) is 3.76. The number of sulfonamides is 1. The van der Waals surface area contributed by atoms with Gasteiger partial charge in [0, 0.05) is 12.1 Å². The van der Waals surface area contributed by atoms with Crippen molar-refractivity contribution in [2.24, 2.45) is 0 Å². The molecule has 0 aromatic heterocycles. The number of hydrogen-bond donors (Lipinski definition) is 0. The van der Waals surface area contributed by atoms with Gasteiger partial charge in [-0.15, -0.1) is 0 Å². The van der Waals surface area contributed by atoms with E-state index >= 15 is 0 Å². The first-order valence-electron chi connectivity index (χ1n) is 7.59. The fourth-order valence-corrected chi connectivity index (χ4v) is 4.59. The first-order chi connectivity index (χ1) is 11.3. The Balaban J connectivity index is 2.38. The molecule has 0 fully saturated rings. The van der Waals surface area contributed by atoms with E-state index in [1.807, 2.05) is 0 Å². The maximum absolute atomic E-state index is 14.1. The summed E-state index contributed by atoms with van der Waals surface area (Å²) in [5.74, 6) is -1.39. The zero-order valence-electron chi connectivity index (χ0n) is 13.5. The van der Waals surface area contributed by atoms with Crippen LogP contribution in [-0.2, 0) is 19.6 Å². The predicted molar refractivity (Wildman–Crippen MR) is 91.1 cm³/mol. The number of nitrogens with zero attached hydrogens (tertiary/aromatic N) is 1. The lowest BCUT2D eigenvalue weighted by atomic mass is 9.99. The minimum Gasteiger partial charge on any atom is -0.463 e. The monoisotopic (exact) mass is 375 g/mol. The number of ether oxygens (including phenoxy) is 1. The molecule has 1 aliphatic carbocycles. The number of allylic oxidation sites excluding steroid dienone is 1. The second kappa shape index (κ2) is 7.53. The molecule has 0 radical (unpaired) electrons. The van der Waals surface area contributed by atoms with E-state index < -0.39 is 27.1 Å². The molecule has 1 aromatic rings. The van der Waals surface area contributed by atoms with Gasteiger partial charge >= 0.3 is 5.97 Å². The van der Waals surface area contributed by atoms with E-state index in [-0.39, 0.29) is 29.3 Å². The van der Waals surface area contributed by atoms with Gasteiger partial charge < -0.3 is 4.74 Å². The molecule has 24 heavy (non-hydrogen) atoms. The van der Waals surface area contributed by atoms with Gasteiger partial charge in [-0.25, -0.2) is 17.6 Å². The molecule has 1 aliphatic rings. The number of rotatable bonds is 5. The van der Waals surface area contributed by atoms with E-state index in [1.54, 1.807) is 13.0 Å². The van der Waals surface area contributed by atoms with Crippen LogP contribution in [0.3, 0.4) is 0 Å². The van der Waals surface area contributed by atoms with Crippen LogP contribution in [0.4, 0.5) is 10.1 Å². The van der Waals surface area contributed by atoms with E-state index in [2.05, 4.69) is 0 Å². The van der Waals surface area contributed by atoms with Crippen LogP contribution in [0.15, 0.2) is 29.8 Å². The average molecular weight is 376 g/mol. The number of anilines is 1. The zero-order valence-corrected chi connectivity index (χ0v) is 15.0. The van der Waals surface area contributed by atoms with Crippen LogP contribution in [0.1, 0.15) is 26.2 Å². The molecule has 0 heterocycles. The van der Waals surface area contributed by atoms with Crippen LogP contribution >= 0.6 is 11.6 Å². The van der Waals surface area contributed by atoms with Crippen LogP contribution in [-0.4, -0.2) is 33.3 Å². The van der Waals surface area contributed by atoms with Crippen LogP contribution in [0.5, 0.6) is 0 Å². The summed E-state index contributed by atoms with van der Waals surface area (Å²) in [6.45, 7) is 1.81. The van der Waals surface area contributed by atoms with Gasteiger partial charge in [0.05, 0.1) is 17.9 Å². The van der Waals surface area contributed by atoms with Crippen molar-refractivity contribution in [1.29, 1.82) is 0 Å². The quantitative estimate of drug-likeness (QED) is 0.741. The van der Waals surface area contributed by atoms with Gasteiger partial charge in [0.15, 0.2) is 0 Å². The van der Waals surface area contributed by atoms with Crippen molar-refractivity contribution in [3.05, 3.63) is 40.7 Å². The molecule has 5 nitrogen and oxygen atoms in total. The summed E-state index contributed by atoms with van der Waals surface area (Å²) in [7, 11) is -2.72. The molecular weight excluding hydrogens is 357 g/mol. The highest BCUT2D eigenvalue weighted by atomic mass is 35.5. The van der Waals surface area contributed by atoms with Crippen molar-refractivity contribution in [1.82, 2.24) is 0 Å². The summed E-state index contributed by atoms with van der Waals surface area (Å²) in [6.07, 6.45) is 3.12. The van der Waals surface area contributed by atoms with Gasteiger partial charge in [-0.05, 0) is 44.4 Å². The summed E-state index contributed by atoms with van der Waals surface area (Å²) < 4.78 is 45.7. The Morgan fingerprint density at radius 3 is 2.79 bits per heavy atom. The van der Waals surface area contributed by atoms with Crippen molar-refractivity contribution in [3.8, 4) is 0 Å². The highest BCUT2D eigenvalue weighted by Gasteiger charge is 2.38. The molecule has 0 aliphatic heterocycles. The topological polar surface area (TPSA) is 63.7 Å². The second-order valence-electron chi connectivity index (χ2n) is 5.41. The second-order valence-corrected chi connectivity index (χ2v) is 7.99. The third kappa shape index (κ3) is 3.72. The van der Waals surface area contributed by atoms with Gasteiger partial charge in [-0.1, -0.05) is 17.7 Å². The minimum absolute atomic E-state index is 0.115. The van der Waals surface area contributed by atoms with E-state index in [9.17, 15) is 17.6 Å². The van der Waals surface area contributed by atoms with E-state index in [1.165, 1.54) is 19.2 Å². The summed E-state index contributed by atoms with van der Waals surface area (Å²) in [4.78, 5) is 12.1. The molecular formula is C16H19ClFNO4S. The highest BCUT2D eigenvalue weighted by molar-refractivity contribution is 7.93. The first kappa shape index (κ1) is 18.7. The molecule has 2 rings (SSSR count). The molecule has 0 bridgehead atoms. The number of benzene rings is 1. The lowest BCUT2D eigenvalue weighted by Gasteiger charge is -2.29. The van der Waals surface area contributed by atoms with E-state index in [0.29, 0.717) is 12.8 Å². The Labute approximate surface area is 146 Å². The van der Waals surface area contributed by atoms with Crippen molar-refractivity contribution < 1.29 is 22.3 Å². The van der Waals surface area contributed by atoms with Gasteiger partial charge in [-0.3, -0.25) is 4.31 Å². The minimum atomic E-state index is -3.98. The third-order valence-electron chi connectivity index (χ3n) is 3.88. The van der Waals surface area contributed by atoms with Crippen LogP contribution < -0.4 is 4.31 Å². The maximum Gasteiger partial charge on any atom is 0.335 e. The van der Waals surface area contributed by atoms with Crippen LogP contribution in [0, 0.1) is 5.82 Å². The molecule has 1 unspecified atom stereocenters. The molecule has 1 aromatic carbocycles. The fourth-order valence-electron chi connectivity index (χ4n) is 2.65. The van der Waals surface area contributed by atoms with Crippen molar-refractivity contribution in [3.63, 3.8) is 0 Å². The highest BCUT2D eigenvalue weighted by Crippen LogP contribution is 2.31. The van der Waals surface area contributed by atoms with Gasteiger partial charge in [-0.2, -0.15) is 0 Å². The number of carbonyl (C=O) groups is 1. The molecule has 0 saturated heterocycles. The third-order valence-corrected chi connectivity index (χ3v) is 6.29. The Morgan fingerprint density at radius 1 is 1.46 bits per heavy atom. The lowest BCUT2D eigenvalue weighted by Crippen LogP contribution is -2.40. The molecule has 8 heteroatoms. The van der Waals surface area contributed by atoms with E-state index in [4.69, 9.17) is 16.3 Å². The van der Waals surface area contributed by atoms with Gasteiger partial charge in [0.2, 0.25) is 10.0 Å². The van der Waals surface area contributed by atoms with Crippen LogP contribution in [0.25, 0.3) is 0 Å². The summed E-state index contributed by atoms with van der Waals surface area (Å²) >= 11 is 5.71. The van der Waals surface area contributed by atoms with Gasteiger partial charge in [0.25, 0.3) is 0 Å². The summed E-state index contributed by atoms with van der Waals surface area (Å²) in [5, 5.41) is -0.878. The van der Waals surface area contributed by atoms with E-state index in [0.717, 1.165) is 10.4 Å². The average Bonchev–Trinajstić information content (AvgIpc) is 2.54. The molecule has 0 N–H and O–H groups in total. The standard InChI is InChI=1S/C16H19ClFNO4S/c1-3-23-16(20)12-6-4-5-7-15(12)24(21,22)19(2)14-9-8-11(17)10-13(14)18/h6,8-10,15H,3-5,7H2,1-2H3. The van der Waals surface area contributed by atoms with Crippen molar-refractivity contribution in [2.75, 3.05) is 18.0 Å². The Hall–Kier alpha value is -1.60. The zero-order chi connectivity index (χ0) is 17.9. The number of halogens is 2. The lowest BCUT2D eigenvalue weighted by molar-refractivity contribution is -0.138. The fraction of sp³-hybridized carbons (Fsp3) is 0.438. The smallest absolute Gasteiger partial charge is 0.335 e. The Kier molecular flexibility index (Phi) is 5.87. The molecule has 0 saturated carbocycles. The van der Waals surface area contributed by atoms with Crippen molar-refractivity contribution in [2.45, 2.75) is 31.4 Å². The predicted octanol–water partition coefficient (Wildman–Crippen LogP) is 3.29. The first-order valence-corrected chi connectivity index (χ1v) is 9.47. The molecule has 1 atom stereocenters. The molecule has 132 valence electrons. The largest absolute Gasteiger partial charge is 0.463 e.